The van der Waals surface area contributed by atoms with Crippen LogP contribution in [0, 0.1) is 0 Å². The maximum absolute atomic E-state index is 2.53. The molecule has 0 heteroatoms. The van der Waals surface area contributed by atoms with Gasteiger partial charge in [-0.15, -0.1) is 0 Å². The molecule has 0 radical (unpaired) electrons. The van der Waals surface area contributed by atoms with Gasteiger partial charge in [0.25, 0.3) is 0 Å². The fourth-order valence-electron chi connectivity index (χ4n) is 11.2. The third-order valence-corrected chi connectivity index (χ3v) is 13.9. The van der Waals surface area contributed by atoms with Gasteiger partial charge in [0.2, 0.25) is 0 Å². The zero-order chi connectivity index (χ0) is 40.5. The van der Waals surface area contributed by atoms with Crippen LogP contribution >= 0.6 is 0 Å². The van der Waals surface area contributed by atoms with Crippen LogP contribution in [0.3, 0.4) is 0 Å². The van der Waals surface area contributed by atoms with Gasteiger partial charge >= 0.3 is 0 Å². The van der Waals surface area contributed by atoms with E-state index < -0.39 is 0 Å². The zero-order valence-corrected chi connectivity index (χ0v) is 33.8. The molecule has 14 rings (SSSR count). The normalized spacial score (nSPS) is 12.2. The van der Waals surface area contributed by atoms with E-state index >= 15 is 0 Å². The van der Waals surface area contributed by atoms with E-state index in [0.29, 0.717) is 0 Å². The Morgan fingerprint density at radius 3 is 0.806 bits per heavy atom. The molecule has 0 bridgehead atoms. The topological polar surface area (TPSA) is 0 Å². The summed E-state index contributed by atoms with van der Waals surface area (Å²) < 4.78 is 0. The van der Waals surface area contributed by atoms with E-state index in [1.165, 1.54) is 143 Å². The molecule has 0 atom stereocenters. The first kappa shape index (κ1) is 33.7. The average Bonchev–Trinajstić information content (AvgIpc) is 3.83. The largest absolute Gasteiger partial charge is 0.0622 e. The minimum absolute atomic E-state index is 1.22. The van der Waals surface area contributed by atoms with E-state index in [0.717, 1.165) is 0 Å². The highest BCUT2D eigenvalue weighted by Crippen LogP contribution is 2.54. The molecule has 0 spiro atoms. The molecule has 0 aliphatic heterocycles. The van der Waals surface area contributed by atoms with E-state index in [9.17, 15) is 0 Å². The van der Waals surface area contributed by atoms with Crippen molar-refractivity contribution < 1.29 is 0 Å². The Morgan fingerprint density at radius 2 is 0.435 bits per heavy atom. The summed E-state index contributed by atoms with van der Waals surface area (Å²) in [5.41, 5.74) is 20.4. The predicted octanol–water partition coefficient (Wildman–Crippen LogP) is 17.4. The van der Waals surface area contributed by atoms with Crippen molar-refractivity contribution >= 4 is 53.9 Å². The van der Waals surface area contributed by atoms with Crippen LogP contribution in [0.4, 0.5) is 0 Å². The van der Waals surface area contributed by atoms with E-state index in [2.05, 4.69) is 218 Å². The van der Waals surface area contributed by atoms with Crippen molar-refractivity contribution in [3.05, 3.63) is 218 Å². The van der Waals surface area contributed by atoms with Gasteiger partial charge in [0.1, 0.15) is 0 Å². The van der Waals surface area contributed by atoms with Gasteiger partial charge in [-0.3, -0.25) is 0 Å². The van der Waals surface area contributed by atoms with Crippen LogP contribution in [-0.4, -0.2) is 0 Å². The Hall–Kier alpha value is -8.06. The number of rotatable bonds is 4. The minimum Gasteiger partial charge on any atom is -0.0622 e. The van der Waals surface area contributed by atoms with Crippen molar-refractivity contribution in [1.82, 2.24) is 0 Å². The number of hydrogen-bond acceptors (Lipinski definition) is 0. The van der Waals surface area contributed by atoms with E-state index in [4.69, 9.17) is 0 Å². The second-order valence-electron chi connectivity index (χ2n) is 17.1. The summed E-state index contributed by atoms with van der Waals surface area (Å²) in [6.45, 7) is 0. The molecule has 12 aromatic carbocycles. The van der Waals surface area contributed by atoms with Crippen LogP contribution in [0.1, 0.15) is 0 Å². The first-order valence-electron chi connectivity index (χ1n) is 21.7. The molecule has 0 aromatic heterocycles. The monoisotopic (exact) mass is 780 g/mol. The molecule has 0 amide bonds. The molecular weight excluding hydrogens is 745 g/mol. The van der Waals surface area contributed by atoms with Gasteiger partial charge in [0.15, 0.2) is 0 Å². The zero-order valence-electron chi connectivity index (χ0n) is 33.8. The summed E-state index contributed by atoms with van der Waals surface area (Å²) in [6.07, 6.45) is 0. The fourth-order valence-corrected chi connectivity index (χ4v) is 11.2. The Balaban J connectivity index is 1.18. The maximum atomic E-state index is 2.53. The summed E-state index contributed by atoms with van der Waals surface area (Å²) in [7, 11) is 0. The fraction of sp³-hybridized carbons (Fsp3) is 0. The highest BCUT2D eigenvalue weighted by atomic mass is 14.3. The molecule has 0 saturated carbocycles. The van der Waals surface area contributed by atoms with Crippen molar-refractivity contribution in [2.24, 2.45) is 0 Å². The molecule has 0 N–H and O–H groups in total. The first-order valence-corrected chi connectivity index (χ1v) is 21.7. The highest BCUT2D eigenvalue weighted by Gasteiger charge is 2.27. The van der Waals surface area contributed by atoms with Crippen molar-refractivity contribution in [3.8, 4) is 89.0 Å². The molecule has 2 aliphatic rings. The minimum atomic E-state index is 1.22. The summed E-state index contributed by atoms with van der Waals surface area (Å²) in [5.74, 6) is 0. The van der Waals surface area contributed by atoms with Crippen LogP contribution in [0.5, 0.6) is 0 Å². The first-order chi connectivity index (χ1) is 30.8. The van der Waals surface area contributed by atoms with Gasteiger partial charge in [-0.2, -0.15) is 0 Å². The van der Waals surface area contributed by atoms with Crippen LogP contribution in [-0.2, 0) is 0 Å². The van der Waals surface area contributed by atoms with Crippen LogP contribution in [0.2, 0.25) is 0 Å². The Bertz CT molecular complexity index is 3620. The third-order valence-electron chi connectivity index (χ3n) is 13.9. The lowest BCUT2D eigenvalue weighted by Gasteiger charge is -2.21. The van der Waals surface area contributed by atoms with Gasteiger partial charge in [0.05, 0.1) is 0 Å². The lowest BCUT2D eigenvalue weighted by atomic mass is 9.82. The maximum Gasteiger partial charge on any atom is -0.00264 e. The lowest BCUT2D eigenvalue weighted by Crippen LogP contribution is -1.93. The van der Waals surface area contributed by atoms with Crippen LogP contribution < -0.4 is 0 Å². The summed E-state index contributed by atoms with van der Waals surface area (Å²) in [4.78, 5) is 0. The second-order valence-corrected chi connectivity index (χ2v) is 17.1. The third kappa shape index (κ3) is 4.67. The number of fused-ring (bicyclic) bond motifs is 11. The van der Waals surface area contributed by atoms with Gasteiger partial charge in [-0.05, 0) is 179 Å². The predicted molar refractivity (Wildman–Crippen MR) is 265 cm³/mol. The van der Waals surface area contributed by atoms with E-state index in [1.54, 1.807) is 0 Å². The van der Waals surface area contributed by atoms with Crippen molar-refractivity contribution in [2.75, 3.05) is 0 Å². The second kappa shape index (κ2) is 12.7. The quantitative estimate of drug-likeness (QED) is 0.156. The van der Waals surface area contributed by atoms with Gasteiger partial charge in [-0.1, -0.05) is 182 Å². The molecule has 0 heterocycles. The van der Waals surface area contributed by atoms with Crippen molar-refractivity contribution in [1.29, 1.82) is 0 Å². The summed E-state index contributed by atoms with van der Waals surface area (Å²) in [6, 6.07) is 82.0. The Labute approximate surface area is 359 Å². The molecule has 284 valence electrons. The molecule has 0 nitrogen and oxygen atoms in total. The standard InChI is InChI=1S/C62H36/c1-3-15-37(16-4-1)41-23-7-9-25-43(41)49-31-57-58(59-35-53-47-29-13-21-39-19-11-27-45(61(39)47)51(53)33-55(49)59)32-50(44-26-10-8-24-42(44)38-17-5-2-6-18-38)56-34-52-46-28-12-20-40-22-14-30-48(62(40)46)54(52)36-60(56)57/h1-36H. The molecule has 12 aromatic rings. The molecule has 2 aliphatic carbocycles. The Morgan fingerprint density at radius 1 is 0.161 bits per heavy atom. The smallest absolute Gasteiger partial charge is 0.00264 e. The lowest BCUT2D eigenvalue weighted by molar-refractivity contribution is 1.60. The van der Waals surface area contributed by atoms with E-state index in [1.807, 2.05) is 0 Å². The molecular formula is C62H36. The molecule has 62 heavy (non-hydrogen) atoms. The average molecular weight is 781 g/mol. The molecule has 0 fully saturated rings. The molecule has 0 unspecified atom stereocenters. The Kier molecular flexibility index (Phi) is 6.92. The van der Waals surface area contributed by atoms with Gasteiger partial charge < -0.3 is 0 Å². The van der Waals surface area contributed by atoms with Crippen LogP contribution in [0.15, 0.2) is 218 Å². The van der Waals surface area contributed by atoms with Crippen molar-refractivity contribution in [3.63, 3.8) is 0 Å². The summed E-state index contributed by atoms with van der Waals surface area (Å²) >= 11 is 0. The summed E-state index contributed by atoms with van der Waals surface area (Å²) in [5, 5.41) is 12.9. The number of benzene rings is 12. The van der Waals surface area contributed by atoms with E-state index in [-0.39, 0.29) is 0 Å². The van der Waals surface area contributed by atoms with Crippen molar-refractivity contribution in [2.45, 2.75) is 0 Å². The highest BCUT2D eigenvalue weighted by molar-refractivity contribution is 6.29. The van der Waals surface area contributed by atoms with Gasteiger partial charge in [0, 0.05) is 0 Å². The van der Waals surface area contributed by atoms with Gasteiger partial charge in [-0.25, -0.2) is 0 Å². The van der Waals surface area contributed by atoms with Crippen LogP contribution in [0.25, 0.3) is 143 Å². The number of hydrogen-bond donors (Lipinski definition) is 0. The SMILES string of the molecule is c1ccc(-c2ccccc2-c2cc3c4cc5c(cc4c(-c4ccccc4-c4ccccc4)cc3c3cc4c(cc23)-c2cccc3cccc-4c23)-c2cccc3cccc-5c23)cc1. The molecule has 0 saturated heterocycles.